The number of hydrogen-bond donors (Lipinski definition) is 2. The van der Waals surface area contributed by atoms with Gasteiger partial charge in [0.1, 0.15) is 0 Å². The van der Waals surface area contributed by atoms with Crippen LogP contribution in [0.15, 0.2) is 18.2 Å². The molecule has 0 atom stereocenters. The second-order valence-electron chi connectivity index (χ2n) is 5.27. The lowest BCUT2D eigenvalue weighted by atomic mass is 9.86. The minimum atomic E-state index is -0.814. The Balaban J connectivity index is 2.74. The molecule has 0 saturated heterocycles. The molecule has 0 radical (unpaired) electrons. The van der Waals surface area contributed by atoms with Crippen LogP contribution in [0.4, 0.5) is 0 Å². The predicted octanol–water partition coefficient (Wildman–Crippen LogP) is 3.63. The van der Waals surface area contributed by atoms with E-state index in [0.717, 1.165) is 5.56 Å². The van der Waals surface area contributed by atoms with Crippen molar-refractivity contribution in [3.05, 3.63) is 33.8 Å². The summed E-state index contributed by atoms with van der Waals surface area (Å²) in [4.78, 5) is 0. The lowest BCUT2D eigenvalue weighted by molar-refractivity contribution is -0.00531. The first kappa shape index (κ1) is 14.8. The molecule has 2 nitrogen and oxygen atoms in total. The zero-order chi connectivity index (χ0) is 13.3. The van der Waals surface area contributed by atoms with Crippen LogP contribution >= 0.6 is 23.2 Å². The van der Waals surface area contributed by atoms with Gasteiger partial charge in [0.15, 0.2) is 0 Å². The molecule has 0 aliphatic heterocycles. The summed E-state index contributed by atoms with van der Waals surface area (Å²) in [5.41, 5.74) is -0.254. The molecule has 17 heavy (non-hydrogen) atoms. The fourth-order valence-corrected chi connectivity index (χ4v) is 1.67. The third kappa shape index (κ3) is 3.85. The summed E-state index contributed by atoms with van der Waals surface area (Å²) >= 11 is 11.9. The highest BCUT2D eigenvalue weighted by atomic mass is 35.5. The third-order valence-electron chi connectivity index (χ3n) is 3.27. The summed E-state index contributed by atoms with van der Waals surface area (Å²) in [7, 11) is 0. The number of rotatable bonds is 4. The molecule has 0 aliphatic carbocycles. The highest BCUT2D eigenvalue weighted by Crippen LogP contribution is 2.24. The van der Waals surface area contributed by atoms with E-state index in [9.17, 15) is 5.11 Å². The van der Waals surface area contributed by atoms with Gasteiger partial charge < -0.3 is 10.4 Å². The van der Waals surface area contributed by atoms with Crippen LogP contribution in [0, 0.1) is 0 Å². The van der Waals surface area contributed by atoms with Gasteiger partial charge in [-0.3, -0.25) is 0 Å². The Hall–Kier alpha value is -0.280. The molecule has 1 aromatic carbocycles. The number of benzene rings is 1. The Morgan fingerprint density at radius 2 is 1.76 bits per heavy atom. The van der Waals surface area contributed by atoms with Crippen molar-refractivity contribution in [3.8, 4) is 0 Å². The highest BCUT2D eigenvalue weighted by Gasteiger charge is 2.34. The quantitative estimate of drug-likeness (QED) is 0.880. The van der Waals surface area contributed by atoms with Crippen molar-refractivity contribution in [2.24, 2.45) is 0 Å². The average Bonchev–Trinajstić information content (AvgIpc) is 2.14. The molecule has 0 bridgehead atoms. The Morgan fingerprint density at radius 3 is 2.24 bits per heavy atom. The largest absolute Gasteiger partial charge is 0.389 e. The molecule has 0 fully saturated rings. The van der Waals surface area contributed by atoms with Gasteiger partial charge in [-0.1, -0.05) is 29.3 Å². The van der Waals surface area contributed by atoms with Gasteiger partial charge in [-0.05, 0) is 45.4 Å². The predicted molar refractivity (Wildman–Crippen MR) is 73.7 cm³/mol. The van der Waals surface area contributed by atoms with Crippen LogP contribution in [-0.2, 0) is 6.54 Å². The van der Waals surface area contributed by atoms with Gasteiger partial charge >= 0.3 is 0 Å². The van der Waals surface area contributed by atoms with Crippen LogP contribution < -0.4 is 5.32 Å². The maximum absolute atomic E-state index is 10.0. The molecule has 0 saturated carbocycles. The van der Waals surface area contributed by atoms with Crippen LogP contribution in [0.1, 0.15) is 33.3 Å². The van der Waals surface area contributed by atoms with Crippen LogP contribution in [0.5, 0.6) is 0 Å². The first-order valence-electron chi connectivity index (χ1n) is 5.55. The fourth-order valence-electron chi connectivity index (χ4n) is 1.20. The van der Waals surface area contributed by atoms with E-state index < -0.39 is 11.1 Å². The van der Waals surface area contributed by atoms with E-state index in [1.54, 1.807) is 19.9 Å². The van der Waals surface area contributed by atoms with Crippen molar-refractivity contribution in [1.29, 1.82) is 0 Å². The summed E-state index contributed by atoms with van der Waals surface area (Å²) in [5.74, 6) is 0. The van der Waals surface area contributed by atoms with Crippen LogP contribution in [0.25, 0.3) is 0 Å². The van der Waals surface area contributed by atoms with Crippen molar-refractivity contribution in [2.75, 3.05) is 0 Å². The van der Waals surface area contributed by atoms with Gasteiger partial charge in [0, 0.05) is 22.1 Å². The number of halogens is 2. The molecule has 1 rings (SSSR count). The molecule has 2 N–H and O–H groups in total. The molecular formula is C13H19Cl2NO. The van der Waals surface area contributed by atoms with E-state index in [2.05, 4.69) is 5.32 Å². The van der Waals surface area contributed by atoms with Crippen LogP contribution in [0.2, 0.25) is 10.0 Å². The van der Waals surface area contributed by atoms with Gasteiger partial charge in [0.25, 0.3) is 0 Å². The highest BCUT2D eigenvalue weighted by molar-refractivity contribution is 6.35. The molecular weight excluding hydrogens is 257 g/mol. The lowest BCUT2D eigenvalue weighted by Gasteiger charge is -2.38. The zero-order valence-electron chi connectivity index (χ0n) is 10.6. The van der Waals surface area contributed by atoms with Gasteiger partial charge in [-0.15, -0.1) is 0 Å². The van der Waals surface area contributed by atoms with E-state index in [4.69, 9.17) is 23.2 Å². The topological polar surface area (TPSA) is 32.3 Å². The van der Waals surface area contributed by atoms with E-state index >= 15 is 0 Å². The molecule has 0 heterocycles. The lowest BCUT2D eigenvalue weighted by Crippen LogP contribution is -2.55. The SMILES string of the molecule is CC(C)(O)C(C)(C)NCc1ccc(Cl)cc1Cl. The minimum absolute atomic E-state index is 0.407. The molecule has 96 valence electrons. The molecule has 0 spiro atoms. The normalized spacial score (nSPS) is 12.9. The Labute approximate surface area is 113 Å². The van der Waals surface area contributed by atoms with Crippen molar-refractivity contribution < 1.29 is 5.11 Å². The Bertz CT molecular complexity index is 397. The number of nitrogens with one attached hydrogen (secondary N) is 1. The first-order valence-corrected chi connectivity index (χ1v) is 6.30. The van der Waals surface area contributed by atoms with Crippen molar-refractivity contribution >= 4 is 23.2 Å². The number of hydrogen-bond acceptors (Lipinski definition) is 2. The monoisotopic (exact) mass is 275 g/mol. The number of aliphatic hydroxyl groups is 1. The second-order valence-corrected chi connectivity index (χ2v) is 6.12. The summed E-state index contributed by atoms with van der Waals surface area (Å²) in [6, 6.07) is 5.41. The van der Waals surface area contributed by atoms with Crippen molar-refractivity contribution in [2.45, 2.75) is 45.4 Å². The maximum Gasteiger partial charge on any atom is 0.0767 e. The first-order chi connectivity index (χ1) is 7.63. The van der Waals surface area contributed by atoms with Crippen molar-refractivity contribution in [3.63, 3.8) is 0 Å². The van der Waals surface area contributed by atoms with Gasteiger partial charge in [0.05, 0.1) is 5.60 Å². The molecule has 0 amide bonds. The van der Waals surface area contributed by atoms with E-state index in [0.29, 0.717) is 16.6 Å². The van der Waals surface area contributed by atoms with E-state index in [1.807, 2.05) is 26.0 Å². The zero-order valence-corrected chi connectivity index (χ0v) is 12.2. The Morgan fingerprint density at radius 1 is 1.18 bits per heavy atom. The second kappa shape index (κ2) is 5.15. The summed E-state index contributed by atoms with van der Waals surface area (Å²) < 4.78 is 0. The Kier molecular flexibility index (Phi) is 4.48. The van der Waals surface area contributed by atoms with Gasteiger partial charge in [-0.2, -0.15) is 0 Å². The van der Waals surface area contributed by atoms with Crippen molar-refractivity contribution in [1.82, 2.24) is 5.32 Å². The van der Waals surface area contributed by atoms with E-state index in [1.165, 1.54) is 0 Å². The fraction of sp³-hybridized carbons (Fsp3) is 0.538. The standard InChI is InChI=1S/C13H19Cl2NO/c1-12(2,13(3,4)17)16-8-9-5-6-10(14)7-11(9)15/h5-7,16-17H,8H2,1-4H3. The van der Waals surface area contributed by atoms with Gasteiger partial charge in [0.2, 0.25) is 0 Å². The summed E-state index contributed by atoms with van der Waals surface area (Å²) in [5, 5.41) is 14.6. The summed E-state index contributed by atoms with van der Waals surface area (Å²) in [6.07, 6.45) is 0. The van der Waals surface area contributed by atoms with E-state index in [-0.39, 0.29) is 0 Å². The molecule has 0 unspecified atom stereocenters. The van der Waals surface area contributed by atoms with Crippen LogP contribution in [0.3, 0.4) is 0 Å². The third-order valence-corrected chi connectivity index (χ3v) is 3.85. The van der Waals surface area contributed by atoms with Crippen LogP contribution in [-0.4, -0.2) is 16.2 Å². The van der Waals surface area contributed by atoms with Gasteiger partial charge in [-0.25, -0.2) is 0 Å². The minimum Gasteiger partial charge on any atom is -0.389 e. The maximum atomic E-state index is 10.0. The molecule has 1 aromatic rings. The summed E-state index contributed by atoms with van der Waals surface area (Å²) in [6.45, 7) is 8.06. The average molecular weight is 276 g/mol. The molecule has 0 aromatic heterocycles. The molecule has 0 aliphatic rings. The molecule has 4 heteroatoms. The smallest absolute Gasteiger partial charge is 0.0767 e.